The third-order valence-electron chi connectivity index (χ3n) is 2.54. The van der Waals surface area contributed by atoms with Gasteiger partial charge in [-0.2, -0.15) is 18.3 Å². The van der Waals surface area contributed by atoms with Gasteiger partial charge < -0.3 is 5.73 Å². The van der Waals surface area contributed by atoms with Crippen LogP contribution in [0, 0.1) is 6.92 Å². The molecule has 0 atom stereocenters. The highest BCUT2D eigenvalue weighted by molar-refractivity contribution is 5.36. The number of alkyl halides is 3. The van der Waals surface area contributed by atoms with E-state index in [9.17, 15) is 13.2 Å². The quantitative estimate of drug-likeness (QED) is 0.896. The summed E-state index contributed by atoms with van der Waals surface area (Å²) in [5.74, 6) is 0. The van der Waals surface area contributed by atoms with Gasteiger partial charge in [-0.1, -0.05) is 12.1 Å². The zero-order valence-electron chi connectivity index (χ0n) is 9.70. The lowest BCUT2D eigenvalue weighted by molar-refractivity contribution is -0.142. The molecule has 0 fully saturated rings. The first-order valence-electron chi connectivity index (χ1n) is 5.35. The molecule has 0 unspecified atom stereocenters. The summed E-state index contributed by atoms with van der Waals surface area (Å²) in [6.07, 6.45) is -4.42. The summed E-state index contributed by atoms with van der Waals surface area (Å²) in [4.78, 5) is 0. The van der Waals surface area contributed by atoms with Gasteiger partial charge in [0, 0.05) is 6.54 Å². The largest absolute Gasteiger partial charge is 0.433 e. The molecular formula is C12H12F3N3. The van der Waals surface area contributed by atoms with Gasteiger partial charge in [-0.25, -0.2) is 4.68 Å². The van der Waals surface area contributed by atoms with Gasteiger partial charge in [0.05, 0.1) is 11.4 Å². The van der Waals surface area contributed by atoms with E-state index >= 15 is 0 Å². The van der Waals surface area contributed by atoms with Crippen molar-refractivity contribution in [2.75, 3.05) is 0 Å². The van der Waals surface area contributed by atoms with Crippen LogP contribution in [-0.2, 0) is 12.7 Å². The third-order valence-corrected chi connectivity index (χ3v) is 2.54. The second-order valence-corrected chi connectivity index (χ2v) is 3.95. The minimum Gasteiger partial charge on any atom is -0.326 e. The second kappa shape index (κ2) is 4.45. The zero-order valence-corrected chi connectivity index (χ0v) is 9.70. The van der Waals surface area contributed by atoms with Crippen molar-refractivity contribution in [3.8, 4) is 5.69 Å². The minimum absolute atomic E-state index is 0.324. The van der Waals surface area contributed by atoms with E-state index in [1.807, 2.05) is 0 Å². The van der Waals surface area contributed by atoms with Crippen LogP contribution in [0.5, 0.6) is 0 Å². The van der Waals surface area contributed by atoms with Crippen LogP contribution in [0.3, 0.4) is 0 Å². The Bertz CT molecular complexity index is 541. The van der Waals surface area contributed by atoms with Gasteiger partial charge in [-0.15, -0.1) is 0 Å². The maximum absolute atomic E-state index is 12.8. The van der Waals surface area contributed by atoms with E-state index < -0.39 is 11.9 Å². The number of halogens is 3. The molecule has 0 aliphatic rings. The van der Waals surface area contributed by atoms with Crippen molar-refractivity contribution >= 4 is 0 Å². The smallest absolute Gasteiger partial charge is 0.326 e. The molecule has 6 heteroatoms. The third kappa shape index (κ3) is 2.38. The van der Waals surface area contributed by atoms with Crippen LogP contribution in [0.15, 0.2) is 30.3 Å². The molecule has 1 aromatic carbocycles. The van der Waals surface area contributed by atoms with Crippen LogP contribution in [-0.4, -0.2) is 9.78 Å². The Morgan fingerprint density at radius 3 is 2.33 bits per heavy atom. The zero-order chi connectivity index (χ0) is 13.3. The molecule has 96 valence electrons. The first kappa shape index (κ1) is 12.6. The number of aryl methyl sites for hydroxylation is 1. The lowest BCUT2D eigenvalue weighted by atomic mass is 10.2. The molecule has 0 amide bonds. The number of nitrogens with two attached hydrogens (primary N) is 1. The van der Waals surface area contributed by atoms with Gasteiger partial charge in [0.25, 0.3) is 0 Å². The van der Waals surface area contributed by atoms with Gasteiger partial charge in [-0.05, 0) is 30.7 Å². The van der Waals surface area contributed by atoms with Gasteiger partial charge in [0.2, 0.25) is 0 Å². The molecule has 2 aromatic rings. The summed E-state index contributed by atoms with van der Waals surface area (Å²) in [7, 11) is 0. The molecule has 2 N–H and O–H groups in total. The molecule has 0 bridgehead atoms. The summed E-state index contributed by atoms with van der Waals surface area (Å²) in [5.41, 5.74) is 6.21. The van der Waals surface area contributed by atoms with E-state index in [4.69, 9.17) is 5.73 Å². The Kier molecular flexibility index (Phi) is 3.13. The summed E-state index contributed by atoms with van der Waals surface area (Å²) in [5, 5.41) is 3.87. The maximum atomic E-state index is 12.8. The van der Waals surface area contributed by atoms with E-state index in [0.717, 1.165) is 16.3 Å². The summed E-state index contributed by atoms with van der Waals surface area (Å²) in [6, 6.07) is 7.55. The predicted molar refractivity (Wildman–Crippen MR) is 61.2 cm³/mol. The van der Waals surface area contributed by atoms with Crippen LogP contribution in [0.2, 0.25) is 0 Å². The molecule has 2 rings (SSSR count). The lowest BCUT2D eigenvalue weighted by Gasteiger charge is -2.10. The van der Waals surface area contributed by atoms with Crippen molar-refractivity contribution in [2.45, 2.75) is 19.6 Å². The molecule has 18 heavy (non-hydrogen) atoms. The van der Waals surface area contributed by atoms with Gasteiger partial charge >= 0.3 is 6.18 Å². The van der Waals surface area contributed by atoms with E-state index in [1.165, 1.54) is 6.92 Å². The minimum atomic E-state index is -4.42. The van der Waals surface area contributed by atoms with Crippen molar-refractivity contribution in [3.63, 3.8) is 0 Å². The number of aromatic nitrogens is 2. The molecule has 0 aliphatic carbocycles. The molecule has 3 nitrogen and oxygen atoms in total. The average Bonchev–Trinajstić information content (AvgIpc) is 2.71. The van der Waals surface area contributed by atoms with Gasteiger partial charge in [-0.3, -0.25) is 0 Å². The van der Waals surface area contributed by atoms with Crippen molar-refractivity contribution in [2.24, 2.45) is 5.73 Å². The highest BCUT2D eigenvalue weighted by Gasteiger charge is 2.35. The molecule has 0 spiro atoms. The van der Waals surface area contributed by atoms with Crippen molar-refractivity contribution < 1.29 is 13.2 Å². The number of rotatable bonds is 2. The fraction of sp³-hybridized carbons (Fsp3) is 0.250. The Hall–Kier alpha value is -1.82. The number of nitrogens with zero attached hydrogens (tertiary/aromatic N) is 2. The van der Waals surface area contributed by atoms with Gasteiger partial charge in [0.15, 0.2) is 0 Å². The molecule has 1 heterocycles. The monoisotopic (exact) mass is 255 g/mol. The first-order chi connectivity index (χ1) is 8.41. The van der Waals surface area contributed by atoms with Crippen LogP contribution < -0.4 is 5.73 Å². The SMILES string of the molecule is Cc1cc(C(F)(F)F)n(-c2ccc(CN)cc2)n1. The fourth-order valence-electron chi connectivity index (χ4n) is 1.67. The number of hydrogen-bond donors (Lipinski definition) is 1. The van der Waals surface area contributed by atoms with E-state index in [0.29, 0.717) is 17.9 Å². The van der Waals surface area contributed by atoms with Crippen LogP contribution in [0.25, 0.3) is 5.69 Å². The molecular weight excluding hydrogens is 243 g/mol. The highest BCUT2D eigenvalue weighted by Crippen LogP contribution is 2.31. The summed E-state index contributed by atoms with van der Waals surface area (Å²) in [6.45, 7) is 1.88. The normalized spacial score (nSPS) is 11.8. The number of hydrogen-bond acceptors (Lipinski definition) is 2. The molecule has 0 saturated carbocycles. The molecule has 1 aromatic heterocycles. The standard InChI is InChI=1S/C12H12F3N3/c1-8-6-11(12(13,14)15)18(17-8)10-4-2-9(7-16)3-5-10/h2-6H,7,16H2,1H3. The Morgan fingerprint density at radius 2 is 1.83 bits per heavy atom. The van der Waals surface area contributed by atoms with Gasteiger partial charge in [0.1, 0.15) is 5.69 Å². The molecule has 0 radical (unpaired) electrons. The highest BCUT2D eigenvalue weighted by atomic mass is 19.4. The molecule has 0 saturated heterocycles. The number of benzene rings is 1. The lowest BCUT2D eigenvalue weighted by Crippen LogP contribution is -2.13. The summed E-state index contributed by atoms with van der Waals surface area (Å²) >= 11 is 0. The summed E-state index contributed by atoms with van der Waals surface area (Å²) < 4.78 is 39.3. The van der Waals surface area contributed by atoms with Crippen LogP contribution >= 0.6 is 0 Å². The van der Waals surface area contributed by atoms with Crippen molar-refractivity contribution in [1.82, 2.24) is 9.78 Å². The second-order valence-electron chi connectivity index (χ2n) is 3.95. The van der Waals surface area contributed by atoms with E-state index in [-0.39, 0.29) is 0 Å². The fourth-order valence-corrected chi connectivity index (χ4v) is 1.67. The Labute approximate surface area is 102 Å². The van der Waals surface area contributed by atoms with Crippen LogP contribution in [0.1, 0.15) is 17.0 Å². The van der Waals surface area contributed by atoms with Crippen molar-refractivity contribution in [1.29, 1.82) is 0 Å². The Morgan fingerprint density at radius 1 is 1.22 bits per heavy atom. The molecule has 0 aliphatic heterocycles. The van der Waals surface area contributed by atoms with Crippen molar-refractivity contribution in [3.05, 3.63) is 47.3 Å². The van der Waals surface area contributed by atoms with E-state index in [2.05, 4.69) is 5.10 Å². The van der Waals surface area contributed by atoms with E-state index in [1.54, 1.807) is 24.3 Å². The topological polar surface area (TPSA) is 43.8 Å². The average molecular weight is 255 g/mol. The Balaban J connectivity index is 2.49. The predicted octanol–water partition coefficient (Wildman–Crippen LogP) is 2.66. The maximum Gasteiger partial charge on any atom is 0.433 e. The first-order valence-corrected chi connectivity index (χ1v) is 5.35. The van der Waals surface area contributed by atoms with Crippen LogP contribution in [0.4, 0.5) is 13.2 Å².